The van der Waals surface area contributed by atoms with Gasteiger partial charge in [0.05, 0.1) is 23.2 Å². The lowest BCUT2D eigenvalue weighted by atomic mass is 10.2. The highest BCUT2D eigenvalue weighted by molar-refractivity contribution is 14.1. The Morgan fingerprint density at radius 1 is 1.44 bits per heavy atom. The first kappa shape index (κ1) is 9.61. The fourth-order valence-electron chi connectivity index (χ4n) is 0.400. The molecule has 0 rings (SSSR count). The third kappa shape index (κ3) is 3.34. The van der Waals surface area contributed by atoms with Gasteiger partial charge in [-0.1, -0.05) is 22.6 Å². The van der Waals surface area contributed by atoms with Crippen LogP contribution < -0.4 is 0 Å². The van der Waals surface area contributed by atoms with E-state index in [0.717, 1.165) is 0 Å². The van der Waals surface area contributed by atoms with Crippen LogP contribution in [0.1, 0.15) is 0 Å². The van der Waals surface area contributed by atoms with E-state index in [2.05, 4.69) is 0 Å². The number of rotatable bonds is 4. The summed E-state index contributed by atoms with van der Waals surface area (Å²) < 4.78 is 4.25. The van der Waals surface area contributed by atoms with E-state index < -0.39 is 3.42 Å². The number of aliphatic hydroxyl groups excluding tert-OH is 2. The Labute approximate surface area is 68.2 Å². The van der Waals surface area contributed by atoms with Gasteiger partial charge in [-0.25, -0.2) is 0 Å². The van der Waals surface area contributed by atoms with Crippen molar-refractivity contribution in [2.24, 2.45) is 0 Å². The molecule has 0 aromatic heterocycles. The van der Waals surface area contributed by atoms with Crippen LogP contribution in [0.2, 0.25) is 0 Å². The van der Waals surface area contributed by atoms with Gasteiger partial charge in [-0.2, -0.15) is 0 Å². The van der Waals surface area contributed by atoms with Crippen molar-refractivity contribution in [2.45, 2.75) is 3.42 Å². The fourth-order valence-corrected chi connectivity index (χ4v) is 0.711. The topological polar surface area (TPSA) is 49.7 Å². The Balaban J connectivity index is 3.62. The number of hydrogen-bond donors (Lipinski definition) is 2. The van der Waals surface area contributed by atoms with Crippen LogP contribution in [-0.2, 0) is 4.74 Å². The second-order valence-electron chi connectivity index (χ2n) is 1.90. The summed E-state index contributed by atoms with van der Waals surface area (Å²) in [6.45, 7) is 0.260. The molecule has 0 spiro atoms. The van der Waals surface area contributed by atoms with Gasteiger partial charge in [0.25, 0.3) is 0 Å². The van der Waals surface area contributed by atoms with Crippen molar-refractivity contribution < 1.29 is 14.9 Å². The highest BCUT2D eigenvalue weighted by Crippen LogP contribution is 2.16. The summed E-state index contributed by atoms with van der Waals surface area (Å²) in [6, 6.07) is 0. The Hall–Kier alpha value is 0.610. The van der Waals surface area contributed by atoms with E-state index in [9.17, 15) is 0 Å². The van der Waals surface area contributed by atoms with E-state index >= 15 is 0 Å². The monoisotopic (exact) mass is 246 g/mol. The predicted octanol–water partition coefficient (Wildman–Crippen LogP) is -0.209. The molecule has 0 aromatic carbocycles. The van der Waals surface area contributed by atoms with Crippen molar-refractivity contribution >= 4 is 22.6 Å². The molecule has 3 nitrogen and oxygen atoms in total. The Bertz CT molecular complexity index is 72.6. The van der Waals surface area contributed by atoms with Crippen molar-refractivity contribution in [1.29, 1.82) is 0 Å². The molecule has 9 heavy (non-hydrogen) atoms. The third-order valence-electron chi connectivity index (χ3n) is 0.970. The maximum atomic E-state index is 8.67. The third-order valence-corrected chi connectivity index (χ3v) is 1.96. The minimum absolute atomic E-state index is 0.0576. The van der Waals surface area contributed by atoms with Crippen LogP contribution in [0.25, 0.3) is 0 Å². The second-order valence-corrected chi connectivity index (χ2v) is 4.19. The molecular weight excluding hydrogens is 235 g/mol. The Kier molecular flexibility index (Phi) is 4.73. The van der Waals surface area contributed by atoms with Crippen molar-refractivity contribution in [3.63, 3.8) is 0 Å². The standard InChI is InChI=1S/C5H11IO3/c1-9-4-5(6,2-7)3-8/h7-8H,2-4H2,1H3. The van der Waals surface area contributed by atoms with Gasteiger partial charge in [-0.15, -0.1) is 0 Å². The van der Waals surface area contributed by atoms with Crippen LogP contribution in [0.3, 0.4) is 0 Å². The predicted molar refractivity (Wildman–Crippen MR) is 42.8 cm³/mol. The highest BCUT2D eigenvalue weighted by atomic mass is 127. The molecule has 4 heteroatoms. The van der Waals surface area contributed by atoms with Crippen molar-refractivity contribution in [3.05, 3.63) is 0 Å². The zero-order chi connectivity index (χ0) is 7.33. The Morgan fingerprint density at radius 2 is 1.89 bits per heavy atom. The molecule has 0 aromatic rings. The number of hydrogen-bond acceptors (Lipinski definition) is 3. The number of ether oxygens (including phenoxy) is 1. The van der Waals surface area contributed by atoms with Crippen LogP contribution in [0.5, 0.6) is 0 Å². The number of aliphatic hydroxyl groups is 2. The lowest BCUT2D eigenvalue weighted by Gasteiger charge is -2.20. The van der Waals surface area contributed by atoms with Crippen LogP contribution in [-0.4, -0.2) is 40.6 Å². The molecule has 0 heterocycles. The molecule has 0 fully saturated rings. The summed E-state index contributed by atoms with van der Waals surface area (Å²) in [4.78, 5) is 0. The molecule has 0 aliphatic rings. The van der Waals surface area contributed by atoms with Gasteiger partial charge < -0.3 is 14.9 Å². The molecule has 0 aliphatic carbocycles. The molecule has 0 atom stereocenters. The van der Waals surface area contributed by atoms with E-state index in [1.807, 2.05) is 22.6 Å². The molecule has 0 amide bonds. The van der Waals surface area contributed by atoms with Crippen molar-refractivity contribution in [2.75, 3.05) is 26.9 Å². The molecule has 0 saturated carbocycles. The SMILES string of the molecule is COCC(I)(CO)CO. The summed E-state index contributed by atoms with van der Waals surface area (Å²) >= 11 is 1.98. The number of alkyl halides is 1. The summed E-state index contributed by atoms with van der Waals surface area (Å²) in [6.07, 6.45) is 0. The molecule has 56 valence electrons. The molecule has 0 unspecified atom stereocenters. The van der Waals surface area contributed by atoms with Crippen LogP contribution >= 0.6 is 22.6 Å². The van der Waals surface area contributed by atoms with E-state index in [0.29, 0.717) is 6.61 Å². The molecule has 0 radical (unpaired) electrons. The number of methoxy groups -OCH3 is 1. The molecule has 0 aliphatic heterocycles. The highest BCUT2D eigenvalue weighted by Gasteiger charge is 2.23. The zero-order valence-electron chi connectivity index (χ0n) is 5.30. The van der Waals surface area contributed by atoms with Crippen LogP contribution in [0, 0.1) is 0 Å². The number of halogens is 1. The van der Waals surface area contributed by atoms with Crippen LogP contribution in [0.15, 0.2) is 0 Å². The molecule has 0 saturated heterocycles. The molecule has 0 bridgehead atoms. The second kappa shape index (κ2) is 4.43. The average molecular weight is 246 g/mol. The van der Waals surface area contributed by atoms with Gasteiger partial charge in [0.1, 0.15) is 0 Å². The van der Waals surface area contributed by atoms with Crippen molar-refractivity contribution in [1.82, 2.24) is 0 Å². The van der Waals surface area contributed by atoms with E-state index in [-0.39, 0.29) is 13.2 Å². The van der Waals surface area contributed by atoms with E-state index in [4.69, 9.17) is 14.9 Å². The largest absolute Gasteiger partial charge is 0.395 e. The van der Waals surface area contributed by atoms with Gasteiger partial charge in [-0.05, 0) is 0 Å². The first-order valence-electron chi connectivity index (χ1n) is 2.58. The van der Waals surface area contributed by atoms with E-state index in [1.165, 1.54) is 0 Å². The van der Waals surface area contributed by atoms with Gasteiger partial charge in [0.2, 0.25) is 0 Å². The summed E-state index contributed by atoms with van der Waals surface area (Å²) in [5, 5.41) is 17.3. The lowest BCUT2D eigenvalue weighted by Crippen LogP contribution is -2.35. The lowest BCUT2D eigenvalue weighted by molar-refractivity contribution is 0.100. The molecule has 2 N–H and O–H groups in total. The Morgan fingerprint density at radius 3 is 2.00 bits per heavy atom. The summed E-state index contributed by atoms with van der Waals surface area (Å²) in [5.74, 6) is 0. The fraction of sp³-hybridized carbons (Fsp3) is 1.00. The van der Waals surface area contributed by atoms with Crippen LogP contribution in [0.4, 0.5) is 0 Å². The minimum Gasteiger partial charge on any atom is -0.395 e. The maximum absolute atomic E-state index is 8.67. The van der Waals surface area contributed by atoms with E-state index in [1.54, 1.807) is 7.11 Å². The van der Waals surface area contributed by atoms with Gasteiger partial charge >= 0.3 is 0 Å². The first-order chi connectivity index (χ1) is 4.18. The van der Waals surface area contributed by atoms with Gasteiger partial charge in [0.15, 0.2) is 0 Å². The normalized spacial score (nSPS) is 12.0. The first-order valence-corrected chi connectivity index (χ1v) is 3.66. The van der Waals surface area contributed by atoms with Gasteiger partial charge in [0, 0.05) is 7.11 Å². The zero-order valence-corrected chi connectivity index (χ0v) is 7.46. The smallest absolute Gasteiger partial charge is 0.0914 e. The summed E-state index contributed by atoms with van der Waals surface area (Å²) in [7, 11) is 1.54. The maximum Gasteiger partial charge on any atom is 0.0914 e. The quantitative estimate of drug-likeness (QED) is 0.533. The summed E-state index contributed by atoms with van der Waals surface area (Å²) in [5.41, 5.74) is 0. The minimum atomic E-state index is -0.507. The van der Waals surface area contributed by atoms with Gasteiger partial charge in [-0.3, -0.25) is 0 Å². The molecular formula is C5H11IO3. The average Bonchev–Trinajstić information content (AvgIpc) is 1.89. The van der Waals surface area contributed by atoms with Crippen molar-refractivity contribution in [3.8, 4) is 0 Å².